The van der Waals surface area contributed by atoms with Gasteiger partial charge in [-0.05, 0) is 103 Å². The summed E-state index contributed by atoms with van der Waals surface area (Å²) in [6.07, 6.45) is 96.8. The summed E-state index contributed by atoms with van der Waals surface area (Å²) in [6, 6.07) is 0. The number of unbranched alkanes of at least 4 members (excludes halogenated alkanes) is 35. The van der Waals surface area contributed by atoms with E-state index < -0.39 is 6.10 Å². The van der Waals surface area contributed by atoms with Gasteiger partial charge in [-0.25, -0.2) is 0 Å². The summed E-state index contributed by atoms with van der Waals surface area (Å²) in [5.74, 6) is -0.901. The second-order valence-corrected chi connectivity index (χ2v) is 23.4. The molecule has 0 heterocycles. The van der Waals surface area contributed by atoms with Crippen LogP contribution >= 0.6 is 0 Å². The van der Waals surface area contributed by atoms with Crippen LogP contribution in [0.3, 0.4) is 0 Å². The topological polar surface area (TPSA) is 78.9 Å². The molecular weight excluding hydrogens is 1020 g/mol. The quantitative estimate of drug-likeness (QED) is 0.0261. The van der Waals surface area contributed by atoms with Crippen LogP contribution in [-0.4, -0.2) is 37.2 Å². The Bertz CT molecular complexity index is 1660. The fraction of sp³-hybridized carbons (Fsp3) is 0.727. The molecule has 6 nitrogen and oxygen atoms in total. The van der Waals surface area contributed by atoms with Crippen molar-refractivity contribution >= 4 is 17.9 Å². The Morgan fingerprint density at radius 1 is 0.253 bits per heavy atom. The van der Waals surface area contributed by atoms with E-state index in [0.29, 0.717) is 19.3 Å². The minimum absolute atomic E-state index is 0.0877. The molecule has 0 spiro atoms. The van der Waals surface area contributed by atoms with Crippen molar-refractivity contribution in [2.24, 2.45) is 0 Å². The average molecular weight is 1150 g/mol. The fourth-order valence-electron chi connectivity index (χ4n) is 10.1. The van der Waals surface area contributed by atoms with Crippen LogP contribution in [-0.2, 0) is 28.6 Å². The van der Waals surface area contributed by atoms with Crippen LogP contribution in [0.1, 0.15) is 342 Å². The van der Waals surface area contributed by atoms with Crippen LogP contribution < -0.4 is 0 Å². The maximum atomic E-state index is 13.0. The SMILES string of the molecule is CC/C=C\C/C=C\C/C=C\C/C=C\C/C=C\CCCCCCCCCCCC(=O)OCC(COC(=O)CCCCCC/C=C\C/C=C\C/C=C\C/C=C\CC)OC(=O)CCCCCCCCCCCCCCCCCCCCCCCCC. The summed E-state index contributed by atoms with van der Waals surface area (Å²) in [5.41, 5.74) is 0. The maximum Gasteiger partial charge on any atom is 0.306 e. The highest BCUT2D eigenvalue weighted by atomic mass is 16.6. The number of carbonyl (C=O) groups is 3. The van der Waals surface area contributed by atoms with Crippen molar-refractivity contribution in [3.8, 4) is 0 Å². The van der Waals surface area contributed by atoms with Crippen LogP contribution in [0.15, 0.2) is 109 Å². The fourth-order valence-corrected chi connectivity index (χ4v) is 10.1. The second-order valence-electron chi connectivity index (χ2n) is 23.4. The average Bonchev–Trinajstić information content (AvgIpc) is 3.49. The van der Waals surface area contributed by atoms with Gasteiger partial charge in [0.1, 0.15) is 13.2 Å². The van der Waals surface area contributed by atoms with Gasteiger partial charge < -0.3 is 14.2 Å². The molecule has 1 atom stereocenters. The summed E-state index contributed by atoms with van der Waals surface area (Å²) >= 11 is 0. The molecule has 0 aliphatic heterocycles. The molecule has 0 rings (SSSR count). The van der Waals surface area contributed by atoms with Gasteiger partial charge in [-0.3, -0.25) is 14.4 Å². The number of allylic oxidation sites excluding steroid dienone is 18. The first-order chi connectivity index (χ1) is 41.0. The molecule has 1 unspecified atom stereocenters. The third-order valence-corrected chi connectivity index (χ3v) is 15.3. The highest BCUT2D eigenvalue weighted by molar-refractivity contribution is 5.71. The summed E-state index contributed by atoms with van der Waals surface area (Å²) < 4.78 is 17.0. The van der Waals surface area contributed by atoms with Crippen molar-refractivity contribution in [2.45, 2.75) is 348 Å². The molecule has 0 aliphatic rings. The lowest BCUT2D eigenvalue weighted by atomic mass is 10.0. The van der Waals surface area contributed by atoms with E-state index >= 15 is 0 Å². The van der Waals surface area contributed by atoms with Crippen LogP contribution in [0, 0.1) is 0 Å². The van der Waals surface area contributed by atoms with Crippen LogP contribution in [0.25, 0.3) is 0 Å². The minimum Gasteiger partial charge on any atom is -0.462 e. The molecule has 6 heteroatoms. The third kappa shape index (κ3) is 68.7. The number of ether oxygens (including phenoxy) is 3. The molecule has 0 aromatic rings. The normalized spacial score (nSPS) is 12.8. The zero-order chi connectivity index (χ0) is 59.9. The Morgan fingerprint density at radius 2 is 0.470 bits per heavy atom. The van der Waals surface area contributed by atoms with Crippen LogP contribution in [0.5, 0.6) is 0 Å². The molecule has 0 aromatic heterocycles. The number of hydrogen-bond donors (Lipinski definition) is 0. The van der Waals surface area contributed by atoms with Crippen molar-refractivity contribution in [3.63, 3.8) is 0 Å². The first kappa shape index (κ1) is 79.1. The summed E-state index contributed by atoms with van der Waals surface area (Å²) in [5, 5.41) is 0. The molecular formula is C77H132O6. The standard InChI is InChI=1S/C77H132O6/c1-4-7-10-13-16-19-22-25-28-31-33-35-37-38-40-41-43-46-49-52-55-58-61-64-67-70-76(79)82-73-74(72-81-75(78)69-66-63-60-57-54-51-48-45-30-27-24-21-18-15-12-9-6-3)83-77(80)71-68-65-62-59-56-53-50-47-44-42-39-36-34-32-29-26-23-20-17-14-11-8-5-2/h7,9-10,12,16,18-19,21,25,27-28,30,33,35,38,40,48,51,74H,4-6,8,11,13-15,17,20,22-24,26,29,31-32,34,36-37,39,41-47,49-50,52-73H2,1-3H3/b10-7-,12-9-,19-16-,21-18-,28-25-,30-27-,35-33-,40-38-,51-48-. The van der Waals surface area contributed by atoms with E-state index in [0.717, 1.165) is 135 Å². The molecule has 0 fully saturated rings. The van der Waals surface area contributed by atoms with Gasteiger partial charge in [-0.15, -0.1) is 0 Å². The molecule has 0 bridgehead atoms. The first-order valence-electron chi connectivity index (χ1n) is 35.4. The maximum absolute atomic E-state index is 13.0. The molecule has 83 heavy (non-hydrogen) atoms. The van der Waals surface area contributed by atoms with Gasteiger partial charge in [0.05, 0.1) is 0 Å². The molecule has 0 amide bonds. The predicted octanol–water partition coefficient (Wildman–Crippen LogP) is 24.6. The van der Waals surface area contributed by atoms with E-state index in [2.05, 4.69) is 130 Å². The van der Waals surface area contributed by atoms with Gasteiger partial charge >= 0.3 is 17.9 Å². The Balaban J connectivity index is 4.38. The molecule has 0 radical (unpaired) electrons. The third-order valence-electron chi connectivity index (χ3n) is 15.3. The molecule has 0 N–H and O–H groups in total. The zero-order valence-electron chi connectivity index (χ0n) is 54.7. The van der Waals surface area contributed by atoms with Crippen LogP contribution in [0.4, 0.5) is 0 Å². The van der Waals surface area contributed by atoms with Gasteiger partial charge in [-0.2, -0.15) is 0 Å². The highest BCUT2D eigenvalue weighted by Crippen LogP contribution is 2.18. The monoisotopic (exact) mass is 1150 g/mol. The van der Waals surface area contributed by atoms with Gasteiger partial charge in [0.2, 0.25) is 0 Å². The van der Waals surface area contributed by atoms with E-state index in [4.69, 9.17) is 14.2 Å². The second kappa shape index (κ2) is 70.6. The molecule has 0 aromatic carbocycles. The Labute approximate surface area is 514 Å². The van der Waals surface area contributed by atoms with E-state index in [1.54, 1.807) is 0 Å². The van der Waals surface area contributed by atoms with E-state index in [-0.39, 0.29) is 31.1 Å². The van der Waals surface area contributed by atoms with Crippen molar-refractivity contribution in [1.29, 1.82) is 0 Å². The Hall–Kier alpha value is -3.93. The number of carbonyl (C=O) groups excluding carboxylic acids is 3. The smallest absolute Gasteiger partial charge is 0.306 e. The van der Waals surface area contributed by atoms with Gasteiger partial charge in [0, 0.05) is 19.3 Å². The molecule has 0 aliphatic carbocycles. The number of hydrogen-bond acceptors (Lipinski definition) is 6. The lowest BCUT2D eigenvalue weighted by Gasteiger charge is -2.18. The van der Waals surface area contributed by atoms with E-state index in [1.165, 1.54) is 167 Å². The van der Waals surface area contributed by atoms with Crippen molar-refractivity contribution < 1.29 is 28.6 Å². The van der Waals surface area contributed by atoms with Crippen molar-refractivity contribution in [3.05, 3.63) is 109 Å². The van der Waals surface area contributed by atoms with Crippen LogP contribution in [0.2, 0.25) is 0 Å². The largest absolute Gasteiger partial charge is 0.462 e. The minimum atomic E-state index is -0.793. The molecule has 0 saturated carbocycles. The summed E-state index contributed by atoms with van der Waals surface area (Å²) in [6.45, 7) is 6.43. The van der Waals surface area contributed by atoms with Gasteiger partial charge in [0.25, 0.3) is 0 Å². The van der Waals surface area contributed by atoms with E-state index in [9.17, 15) is 14.4 Å². The lowest BCUT2D eigenvalue weighted by Crippen LogP contribution is -2.30. The van der Waals surface area contributed by atoms with Crippen molar-refractivity contribution in [1.82, 2.24) is 0 Å². The van der Waals surface area contributed by atoms with E-state index in [1.807, 2.05) is 0 Å². The van der Waals surface area contributed by atoms with Crippen molar-refractivity contribution in [2.75, 3.05) is 13.2 Å². The first-order valence-corrected chi connectivity index (χ1v) is 35.4. The number of esters is 3. The summed E-state index contributed by atoms with van der Waals surface area (Å²) in [7, 11) is 0. The summed E-state index contributed by atoms with van der Waals surface area (Å²) in [4.78, 5) is 38.5. The molecule has 0 saturated heterocycles. The lowest BCUT2D eigenvalue weighted by molar-refractivity contribution is -0.167. The highest BCUT2D eigenvalue weighted by Gasteiger charge is 2.19. The molecule has 476 valence electrons. The zero-order valence-corrected chi connectivity index (χ0v) is 54.7. The van der Waals surface area contributed by atoms with Gasteiger partial charge in [0.15, 0.2) is 6.10 Å². The number of rotatable bonds is 64. The predicted molar refractivity (Wildman–Crippen MR) is 362 cm³/mol. The Morgan fingerprint density at radius 3 is 0.735 bits per heavy atom. The Kier molecular flexibility index (Phi) is 67.2. The van der Waals surface area contributed by atoms with Gasteiger partial charge in [-0.1, -0.05) is 329 Å².